The van der Waals surface area contributed by atoms with Gasteiger partial charge in [-0.25, -0.2) is 4.98 Å². The molecule has 0 N–H and O–H groups in total. The second-order valence-electron chi connectivity index (χ2n) is 13.2. The van der Waals surface area contributed by atoms with Crippen LogP contribution in [0.4, 0.5) is 0 Å². The summed E-state index contributed by atoms with van der Waals surface area (Å²) in [5, 5.41) is 7.12. The van der Waals surface area contributed by atoms with Gasteiger partial charge in [0.05, 0.1) is 44.8 Å². The normalized spacial score (nSPS) is 11.9. The molecule has 7 aromatic carbocycles. The van der Waals surface area contributed by atoms with Crippen LogP contribution in [0.3, 0.4) is 0 Å². The molecule has 0 unspecified atom stereocenters. The Kier molecular flexibility index (Phi) is 5.92. The van der Waals surface area contributed by atoms with E-state index in [2.05, 4.69) is 173 Å². The SMILES string of the molecule is c1ccc(-c2cc(-n3c4ccccc4c4cccc(-n5c6ccccc6c6ccccc65)c43)cc(-c3ccc4c(c3)oc3ccccc34)n2)cc1. The Labute approximate surface area is 293 Å². The van der Waals surface area contributed by atoms with Gasteiger partial charge in [-0.1, -0.05) is 121 Å². The van der Waals surface area contributed by atoms with Crippen LogP contribution in [0.25, 0.3) is 99.4 Å². The van der Waals surface area contributed by atoms with Crippen molar-refractivity contribution in [2.75, 3.05) is 0 Å². The van der Waals surface area contributed by atoms with Crippen molar-refractivity contribution in [2.45, 2.75) is 0 Å². The molecule has 11 aromatic rings. The molecule has 0 radical (unpaired) electrons. The monoisotopic (exact) mass is 651 g/mol. The minimum atomic E-state index is 0.854. The number of nitrogens with zero attached hydrogens (tertiary/aromatic N) is 3. The van der Waals surface area contributed by atoms with Gasteiger partial charge in [0.25, 0.3) is 0 Å². The van der Waals surface area contributed by atoms with E-state index in [1.165, 1.54) is 32.6 Å². The van der Waals surface area contributed by atoms with Gasteiger partial charge in [0.2, 0.25) is 0 Å². The van der Waals surface area contributed by atoms with Crippen molar-refractivity contribution in [3.8, 4) is 33.9 Å². The number of benzene rings is 7. The van der Waals surface area contributed by atoms with E-state index in [-0.39, 0.29) is 0 Å². The molecule has 0 amide bonds. The molecule has 0 bridgehead atoms. The highest BCUT2D eigenvalue weighted by atomic mass is 16.3. The zero-order valence-corrected chi connectivity index (χ0v) is 27.5. The zero-order chi connectivity index (χ0) is 33.5. The summed E-state index contributed by atoms with van der Waals surface area (Å²) in [5.74, 6) is 0. The summed E-state index contributed by atoms with van der Waals surface area (Å²) >= 11 is 0. The van der Waals surface area contributed by atoms with Crippen LogP contribution >= 0.6 is 0 Å². The Bertz CT molecular complexity index is 3090. The second-order valence-corrected chi connectivity index (χ2v) is 13.2. The Morgan fingerprint density at radius 3 is 1.65 bits per heavy atom. The van der Waals surface area contributed by atoms with Crippen LogP contribution in [0.5, 0.6) is 0 Å². The molecular weight excluding hydrogens is 623 g/mol. The van der Waals surface area contributed by atoms with Gasteiger partial charge in [-0.05, 0) is 54.6 Å². The Morgan fingerprint density at radius 1 is 0.373 bits per heavy atom. The van der Waals surface area contributed by atoms with E-state index >= 15 is 0 Å². The molecule has 4 aromatic heterocycles. The first-order valence-corrected chi connectivity index (χ1v) is 17.3. The van der Waals surface area contributed by atoms with Crippen LogP contribution < -0.4 is 0 Å². The van der Waals surface area contributed by atoms with Crippen molar-refractivity contribution in [1.82, 2.24) is 14.1 Å². The zero-order valence-electron chi connectivity index (χ0n) is 27.5. The van der Waals surface area contributed by atoms with E-state index in [1.807, 2.05) is 12.1 Å². The second kappa shape index (κ2) is 10.8. The molecule has 0 fully saturated rings. The lowest BCUT2D eigenvalue weighted by molar-refractivity contribution is 0.669. The number of hydrogen-bond acceptors (Lipinski definition) is 2. The van der Waals surface area contributed by atoms with Crippen LogP contribution in [-0.2, 0) is 0 Å². The van der Waals surface area contributed by atoms with Crippen molar-refractivity contribution in [3.05, 3.63) is 176 Å². The minimum absolute atomic E-state index is 0.854. The molecule has 51 heavy (non-hydrogen) atoms. The molecule has 11 rings (SSSR count). The lowest BCUT2D eigenvalue weighted by Crippen LogP contribution is -2.02. The number of furan rings is 1. The summed E-state index contributed by atoms with van der Waals surface area (Å²) in [7, 11) is 0. The van der Waals surface area contributed by atoms with Crippen molar-refractivity contribution in [1.29, 1.82) is 0 Å². The number of fused-ring (bicyclic) bond motifs is 9. The summed E-state index contributed by atoms with van der Waals surface area (Å²) in [6, 6.07) is 62.5. The molecular formula is C47H29N3O. The molecule has 0 atom stereocenters. The van der Waals surface area contributed by atoms with Gasteiger partial charge in [-0.3, -0.25) is 0 Å². The fourth-order valence-electron chi connectivity index (χ4n) is 8.07. The van der Waals surface area contributed by atoms with E-state index in [4.69, 9.17) is 9.40 Å². The maximum absolute atomic E-state index is 6.34. The van der Waals surface area contributed by atoms with Gasteiger partial charge >= 0.3 is 0 Å². The molecule has 0 spiro atoms. The van der Waals surface area contributed by atoms with Crippen LogP contribution in [0.1, 0.15) is 0 Å². The van der Waals surface area contributed by atoms with E-state index in [0.29, 0.717) is 0 Å². The average Bonchev–Trinajstić information content (AvgIpc) is 3.86. The van der Waals surface area contributed by atoms with Crippen molar-refractivity contribution >= 4 is 65.6 Å². The molecule has 0 saturated heterocycles. The van der Waals surface area contributed by atoms with E-state index < -0.39 is 0 Å². The Morgan fingerprint density at radius 2 is 0.922 bits per heavy atom. The lowest BCUT2D eigenvalue weighted by atomic mass is 10.0. The fourth-order valence-corrected chi connectivity index (χ4v) is 8.07. The third kappa shape index (κ3) is 4.17. The van der Waals surface area contributed by atoms with Crippen molar-refractivity contribution in [2.24, 2.45) is 0 Å². The third-order valence-corrected chi connectivity index (χ3v) is 10.3. The van der Waals surface area contributed by atoms with Crippen LogP contribution in [-0.4, -0.2) is 14.1 Å². The van der Waals surface area contributed by atoms with Gasteiger partial charge in [-0.2, -0.15) is 0 Å². The van der Waals surface area contributed by atoms with E-state index in [9.17, 15) is 0 Å². The quantitative estimate of drug-likeness (QED) is 0.190. The van der Waals surface area contributed by atoms with Gasteiger partial charge < -0.3 is 13.6 Å². The molecule has 4 heterocycles. The fraction of sp³-hybridized carbons (Fsp3) is 0. The molecule has 0 aliphatic rings. The number of rotatable bonds is 4. The van der Waals surface area contributed by atoms with Crippen molar-refractivity contribution in [3.63, 3.8) is 0 Å². The maximum atomic E-state index is 6.34. The van der Waals surface area contributed by atoms with Gasteiger partial charge in [-0.15, -0.1) is 0 Å². The van der Waals surface area contributed by atoms with Gasteiger partial charge in [0, 0.05) is 43.4 Å². The largest absolute Gasteiger partial charge is 0.456 e. The standard InChI is InChI=1S/C47H29N3O/c1-2-13-30(14-3-1)39-28-32(29-40(48-39)31-25-26-37-36-18-7-11-24-45(36)51-46(37)27-31)49-41-20-8-6-17-35(41)38-19-12-23-44(47(38)49)50-42-21-9-4-15-33(42)34-16-5-10-22-43(34)50/h1-29H. The molecule has 4 nitrogen and oxygen atoms in total. The summed E-state index contributed by atoms with van der Waals surface area (Å²) < 4.78 is 11.2. The first-order chi connectivity index (χ1) is 25.3. The molecule has 4 heteroatoms. The van der Waals surface area contributed by atoms with Crippen LogP contribution in [0.15, 0.2) is 180 Å². The highest BCUT2D eigenvalue weighted by molar-refractivity contribution is 6.15. The smallest absolute Gasteiger partial charge is 0.136 e. The molecule has 0 aliphatic heterocycles. The summed E-state index contributed by atoms with van der Waals surface area (Å²) in [6.45, 7) is 0. The number of aromatic nitrogens is 3. The first kappa shape index (κ1) is 28.0. The van der Waals surface area contributed by atoms with Gasteiger partial charge in [0.1, 0.15) is 11.2 Å². The van der Waals surface area contributed by atoms with Crippen molar-refractivity contribution < 1.29 is 4.42 Å². The average molecular weight is 652 g/mol. The van der Waals surface area contributed by atoms with Crippen LogP contribution in [0, 0.1) is 0 Å². The van der Waals surface area contributed by atoms with Gasteiger partial charge in [0.15, 0.2) is 0 Å². The molecule has 0 saturated carbocycles. The van der Waals surface area contributed by atoms with E-state index in [0.717, 1.165) is 66.9 Å². The summed E-state index contributed by atoms with van der Waals surface area (Å²) in [6.07, 6.45) is 0. The predicted molar refractivity (Wildman–Crippen MR) is 211 cm³/mol. The molecule has 238 valence electrons. The molecule has 0 aliphatic carbocycles. The number of pyridine rings is 1. The Hall–Kier alpha value is -6.91. The Balaban J connectivity index is 1.24. The minimum Gasteiger partial charge on any atom is -0.456 e. The highest BCUT2D eigenvalue weighted by Gasteiger charge is 2.21. The third-order valence-electron chi connectivity index (χ3n) is 10.3. The first-order valence-electron chi connectivity index (χ1n) is 17.3. The summed E-state index contributed by atoms with van der Waals surface area (Å²) in [4.78, 5) is 5.30. The number of hydrogen-bond donors (Lipinski definition) is 0. The lowest BCUT2D eigenvalue weighted by Gasteiger charge is -2.16. The maximum Gasteiger partial charge on any atom is 0.136 e. The topological polar surface area (TPSA) is 35.9 Å². The predicted octanol–water partition coefficient (Wildman–Crippen LogP) is 12.5. The highest BCUT2D eigenvalue weighted by Crippen LogP contribution is 2.41. The summed E-state index contributed by atoms with van der Waals surface area (Å²) in [5.41, 5.74) is 12.4. The number of para-hydroxylation sites is 5. The van der Waals surface area contributed by atoms with E-state index in [1.54, 1.807) is 0 Å². The van der Waals surface area contributed by atoms with Crippen LogP contribution in [0.2, 0.25) is 0 Å².